The molecule has 1 atom stereocenters. The molecule has 0 aliphatic rings. The van der Waals surface area contributed by atoms with Crippen molar-refractivity contribution in [1.82, 2.24) is 0 Å². The van der Waals surface area contributed by atoms with Gasteiger partial charge in [0.2, 0.25) is 5.52 Å². The van der Waals surface area contributed by atoms with Crippen LogP contribution < -0.4 is 5.30 Å². The van der Waals surface area contributed by atoms with Crippen LogP contribution in [0.2, 0.25) is 0 Å². The van der Waals surface area contributed by atoms with Crippen molar-refractivity contribution in [3.8, 4) is 0 Å². The molecule has 0 amide bonds. The van der Waals surface area contributed by atoms with E-state index in [9.17, 15) is 9.36 Å². The third-order valence-corrected chi connectivity index (χ3v) is 7.83. The van der Waals surface area contributed by atoms with Crippen LogP contribution in [0.15, 0.2) is 79.4 Å². The maximum Gasteiger partial charge on any atom is 0.226 e. The van der Waals surface area contributed by atoms with Gasteiger partial charge in [-0.05, 0) is 43.0 Å². The van der Waals surface area contributed by atoms with Gasteiger partial charge in [-0.15, -0.1) is 0 Å². The van der Waals surface area contributed by atoms with Gasteiger partial charge < -0.3 is 4.57 Å². The molecule has 3 rings (SSSR count). The smallest absolute Gasteiger partial charge is 0.226 e. The van der Waals surface area contributed by atoms with Crippen LogP contribution in [-0.2, 0) is 4.57 Å². The van der Waals surface area contributed by atoms with E-state index in [0.29, 0.717) is 16.4 Å². The molecular weight excluding hydrogens is 363 g/mol. The van der Waals surface area contributed by atoms with Crippen LogP contribution in [0.4, 0.5) is 0 Å². The Morgan fingerprint density at radius 2 is 1.36 bits per heavy atom. The molecule has 28 heavy (non-hydrogen) atoms. The van der Waals surface area contributed by atoms with Gasteiger partial charge in [-0.2, -0.15) is 0 Å². The highest BCUT2D eigenvalue weighted by molar-refractivity contribution is 7.87. The van der Waals surface area contributed by atoms with Crippen molar-refractivity contribution in [2.75, 3.05) is 6.16 Å². The normalized spacial score (nSPS) is 13.0. The Morgan fingerprint density at radius 3 is 1.89 bits per heavy atom. The molecule has 3 heteroatoms. The molecule has 3 aromatic rings. The summed E-state index contributed by atoms with van der Waals surface area (Å²) in [5.41, 5.74) is 4.72. The van der Waals surface area contributed by atoms with Crippen LogP contribution in [0.3, 0.4) is 0 Å². The molecule has 0 spiro atoms. The lowest BCUT2D eigenvalue weighted by atomic mass is 10.0. The molecule has 0 aliphatic heterocycles. The van der Waals surface area contributed by atoms with Crippen LogP contribution in [-0.4, -0.2) is 11.7 Å². The second-order valence-corrected chi connectivity index (χ2v) is 10.0. The number of rotatable bonds is 6. The quantitative estimate of drug-likeness (QED) is 0.474. The summed E-state index contributed by atoms with van der Waals surface area (Å²) in [4.78, 5) is 13.7. The summed E-state index contributed by atoms with van der Waals surface area (Å²) in [5.74, 6) is 0. The molecule has 0 bridgehead atoms. The average Bonchev–Trinajstić information content (AvgIpc) is 2.68. The molecule has 0 saturated heterocycles. The Morgan fingerprint density at radius 1 is 0.857 bits per heavy atom. The Balaban J connectivity index is 2.12. The van der Waals surface area contributed by atoms with E-state index in [0.717, 1.165) is 22.3 Å². The monoisotopic (exact) mass is 388 g/mol. The minimum atomic E-state index is -3.41. The third kappa shape index (κ3) is 3.93. The summed E-state index contributed by atoms with van der Waals surface area (Å²) in [7, 11) is -3.41. The van der Waals surface area contributed by atoms with E-state index in [1.807, 2.05) is 81.4 Å². The second-order valence-electron chi connectivity index (χ2n) is 7.28. The fraction of sp³-hybridized carbons (Fsp3) is 0.160. The Bertz CT molecular complexity index is 1040. The lowest BCUT2D eigenvalue weighted by Gasteiger charge is -2.21. The van der Waals surface area contributed by atoms with Crippen molar-refractivity contribution in [2.24, 2.45) is 0 Å². The molecule has 142 valence electrons. The summed E-state index contributed by atoms with van der Waals surface area (Å²) >= 11 is 0. The zero-order chi connectivity index (χ0) is 20.3. The first-order valence-corrected chi connectivity index (χ1v) is 11.2. The van der Waals surface area contributed by atoms with E-state index >= 15 is 0 Å². The standard InChI is InChI=1S/C25H25O2P/c1-18-15-19(2)24(20(3)16-18)25(26)28(27,23-13-9-6-10-14-23)17-21(4)22-11-7-5-8-12-22/h5-16H,4,17H2,1-3H3. The van der Waals surface area contributed by atoms with Gasteiger partial charge in [0, 0.05) is 17.0 Å². The van der Waals surface area contributed by atoms with Gasteiger partial charge in [0.05, 0.1) is 0 Å². The van der Waals surface area contributed by atoms with E-state index in [2.05, 4.69) is 6.58 Å². The van der Waals surface area contributed by atoms with Crippen molar-refractivity contribution in [2.45, 2.75) is 20.8 Å². The molecule has 0 aliphatic carbocycles. The van der Waals surface area contributed by atoms with Gasteiger partial charge in [-0.3, -0.25) is 4.79 Å². The lowest BCUT2D eigenvalue weighted by molar-refractivity contribution is 0.107. The Kier molecular flexibility index (Phi) is 5.82. The molecule has 0 radical (unpaired) electrons. The lowest BCUT2D eigenvalue weighted by Crippen LogP contribution is -2.18. The molecular formula is C25H25O2P. The average molecular weight is 388 g/mol. The highest BCUT2D eigenvalue weighted by Crippen LogP contribution is 2.51. The number of hydrogen-bond acceptors (Lipinski definition) is 2. The zero-order valence-electron chi connectivity index (χ0n) is 16.6. The number of carbonyl (C=O) groups is 1. The molecule has 0 fully saturated rings. The third-order valence-electron chi connectivity index (χ3n) is 4.99. The summed E-state index contributed by atoms with van der Waals surface area (Å²) in [6.07, 6.45) is 0.132. The van der Waals surface area contributed by atoms with Crippen molar-refractivity contribution in [3.63, 3.8) is 0 Å². The topological polar surface area (TPSA) is 34.1 Å². The number of carbonyl (C=O) groups excluding carboxylic acids is 1. The highest BCUT2D eigenvalue weighted by atomic mass is 31.2. The van der Waals surface area contributed by atoms with Gasteiger partial charge in [-0.1, -0.05) is 84.9 Å². The van der Waals surface area contributed by atoms with Crippen LogP contribution >= 0.6 is 7.14 Å². The Labute approximate surface area is 167 Å². The maximum atomic E-state index is 14.3. The predicted octanol–water partition coefficient (Wildman–Crippen LogP) is 6.15. The van der Waals surface area contributed by atoms with E-state index in [1.54, 1.807) is 12.1 Å². The summed E-state index contributed by atoms with van der Waals surface area (Å²) < 4.78 is 14.3. The van der Waals surface area contributed by atoms with E-state index in [1.165, 1.54) is 0 Å². The zero-order valence-corrected chi connectivity index (χ0v) is 17.5. The highest BCUT2D eigenvalue weighted by Gasteiger charge is 2.36. The number of aryl methyl sites for hydroxylation is 3. The largest absolute Gasteiger partial charge is 0.310 e. The molecule has 0 aromatic heterocycles. The number of hydrogen-bond donors (Lipinski definition) is 0. The van der Waals surface area contributed by atoms with Gasteiger partial charge >= 0.3 is 0 Å². The molecule has 3 aromatic carbocycles. The van der Waals surface area contributed by atoms with Crippen LogP contribution in [0.1, 0.15) is 32.6 Å². The molecule has 0 heterocycles. The fourth-order valence-electron chi connectivity index (χ4n) is 3.68. The molecule has 0 N–H and O–H groups in total. The predicted molar refractivity (Wildman–Crippen MR) is 119 cm³/mol. The first kappa shape index (κ1) is 20.0. The summed E-state index contributed by atoms with van der Waals surface area (Å²) in [6.45, 7) is 9.97. The number of benzene rings is 3. The first-order valence-electron chi connectivity index (χ1n) is 9.33. The molecule has 0 saturated carbocycles. The van der Waals surface area contributed by atoms with E-state index in [-0.39, 0.29) is 11.7 Å². The SMILES string of the molecule is C=C(CP(=O)(C(=O)c1c(C)cc(C)cc1C)c1ccccc1)c1ccccc1. The fourth-order valence-corrected chi connectivity index (χ4v) is 6.33. The molecule has 2 nitrogen and oxygen atoms in total. The van der Waals surface area contributed by atoms with Gasteiger partial charge in [0.1, 0.15) is 0 Å². The van der Waals surface area contributed by atoms with Gasteiger partial charge in [-0.25, -0.2) is 0 Å². The Hall–Kier alpha value is -2.70. The van der Waals surface area contributed by atoms with Gasteiger partial charge in [0.15, 0.2) is 7.14 Å². The van der Waals surface area contributed by atoms with E-state index in [4.69, 9.17) is 0 Å². The van der Waals surface area contributed by atoms with Crippen LogP contribution in [0, 0.1) is 20.8 Å². The van der Waals surface area contributed by atoms with E-state index < -0.39 is 7.14 Å². The van der Waals surface area contributed by atoms with Crippen LogP contribution in [0.25, 0.3) is 5.57 Å². The summed E-state index contributed by atoms with van der Waals surface area (Å²) in [5, 5.41) is 0.580. The second kappa shape index (κ2) is 8.12. The minimum absolute atomic E-state index is 0.132. The van der Waals surface area contributed by atoms with Crippen molar-refractivity contribution in [3.05, 3.63) is 107 Å². The maximum absolute atomic E-state index is 14.3. The first-order chi connectivity index (χ1) is 13.3. The van der Waals surface area contributed by atoms with Crippen molar-refractivity contribution < 1.29 is 9.36 Å². The van der Waals surface area contributed by atoms with Crippen LogP contribution in [0.5, 0.6) is 0 Å². The summed E-state index contributed by atoms with van der Waals surface area (Å²) in [6, 6.07) is 22.7. The van der Waals surface area contributed by atoms with Gasteiger partial charge in [0.25, 0.3) is 0 Å². The van der Waals surface area contributed by atoms with Crippen molar-refractivity contribution in [1.29, 1.82) is 0 Å². The van der Waals surface area contributed by atoms with Crippen molar-refractivity contribution >= 4 is 23.5 Å². The number of allylic oxidation sites excluding steroid dienone is 1. The minimum Gasteiger partial charge on any atom is -0.310 e. The molecule has 1 unspecified atom stereocenters.